The zero-order valence-corrected chi connectivity index (χ0v) is 9.64. The van der Waals surface area contributed by atoms with Gasteiger partial charge in [0.05, 0.1) is 0 Å². The zero-order chi connectivity index (χ0) is 10.1. The molecule has 0 amide bonds. The number of halogens is 1. The van der Waals surface area contributed by atoms with Gasteiger partial charge in [0.25, 0.3) is 0 Å². The fraction of sp³-hybridized carbons (Fsp3) is 0.455. The summed E-state index contributed by atoms with van der Waals surface area (Å²) in [6.45, 7) is 6.31. The Morgan fingerprint density at radius 3 is 1.93 bits per heavy atom. The van der Waals surface area contributed by atoms with Gasteiger partial charge in [-0.3, -0.25) is 0 Å². The van der Waals surface area contributed by atoms with Crippen molar-refractivity contribution in [3.63, 3.8) is 0 Å². The van der Waals surface area contributed by atoms with E-state index in [1.54, 1.807) is 12.1 Å². The Kier molecular flexibility index (Phi) is 4.43. The summed E-state index contributed by atoms with van der Waals surface area (Å²) in [4.78, 5) is 0. The Hall–Kier alpha value is -0.730. The number of nitrogens with two attached hydrogens (primary N) is 1. The molecule has 0 aliphatic carbocycles. The van der Waals surface area contributed by atoms with Gasteiger partial charge in [0.1, 0.15) is 5.75 Å². The van der Waals surface area contributed by atoms with Gasteiger partial charge in [-0.05, 0) is 23.1 Å². The Bertz CT molecular complexity index is 276. The van der Waals surface area contributed by atoms with Crippen molar-refractivity contribution >= 4 is 12.4 Å². The zero-order valence-electron chi connectivity index (χ0n) is 8.82. The van der Waals surface area contributed by atoms with Gasteiger partial charge in [0.2, 0.25) is 0 Å². The third-order valence-corrected chi connectivity index (χ3v) is 2.19. The monoisotopic (exact) mass is 215 g/mol. The van der Waals surface area contributed by atoms with Crippen LogP contribution in [0.25, 0.3) is 0 Å². The van der Waals surface area contributed by atoms with E-state index >= 15 is 0 Å². The first-order valence-electron chi connectivity index (χ1n) is 4.46. The van der Waals surface area contributed by atoms with Gasteiger partial charge < -0.3 is 10.8 Å². The Balaban J connectivity index is 0.00000169. The third-order valence-electron chi connectivity index (χ3n) is 2.19. The largest absolute Gasteiger partial charge is 0.508 e. The predicted octanol–water partition coefficient (Wildman–Crippen LogP) is 2.86. The lowest BCUT2D eigenvalue weighted by molar-refractivity contribution is 0.326. The molecule has 0 saturated carbocycles. The molecule has 0 bridgehead atoms. The molecular formula is C11H18ClNO. The highest BCUT2D eigenvalue weighted by molar-refractivity contribution is 5.85. The summed E-state index contributed by atoms with van der Waals surface area (Å²) in [6.07, 6.45) is 0. The van der Waals surface area contributed by atoms with E-state index in [1.165, 1.54) is 0 Å². The molecule has 0 heterocycles. The number of hydrogen-bond acceptors (Lipinski definition) is 2. The lowest BCUT2D eigenvalue weighted by Crippen LogP contribution is -2.26. The van der Waals surface area contributed by atoms with Crippen LogP contribution in [0.1, 0.15) is 32.4 Å². The first kappa shape index (κ1) is 13.3. The van der Waals surface area contributed by atoms with Gasteiger partial charge >= 0.3 is 0 Å². The summed E-state index contributed by atoms with van der Waals surface area (Å²) in [5, 5.41) is 9.10. The molecule has 0 spiro atoms. The molecule has 0 saturated heterocycles. The van der Waals surface area contributed by atoms with E-state index in [9.17, 15) is 0 Å². The maximum absolute atomic E-state index is 9.10. The van der Waals surface area contributed by atoms with Gasteiger partial charge in [-0.15, -0.1) is 12.4 Å². The maximum Gasteiger partial charge on any atom is 0.115 e. The molecule has 80 valence electrons. The van der Waals surface area contributed by atoms with Crippen LogP contribution in [-0.4, -0.2) is 5.11 Å². The van der Waals surface area contributed by atoms with E-state index in [0.29, 0.717) is 0 Å². The lowest BCUT2D eigenvalue weighted by atomic mass is 9.83. The van der Waals surface area contributed by atoms with Gasteiger partial charge in [-0.25, -0.2) is 0 Å². The van der Waals surface area contributed by atoms with E-state index in [1.807, 2.05) is 12.1 Å². The fourth-order valence-electron chi connectivity index (χ4n) is 1.18. The smallest absolute Gasteiger partial charge is 0.115 e. The number of phenols is 1. The number of benzene rings is 1. The van der Waals surface area contributed by atoms with Crippen LogP contribution in [0.2, 0.25) is 0 Å². The van der Waals surface area contributed by atoms with Gasteiger partial charge in [0.15, 0.2) is 0 Å². The first-order chi connectivity index (χ1) is 5.91. The number of hydrogen-bond donors (Lipinski definition) is 2. The van der Waals surface area contributed by atoms with Crippen LogP contribution in [-0.2, 0) is 0 Å². The second kappa shape index (κ2) is 4.67. The first-order valence-corrected chi connectivity index (χ1v) is 4.46. The van der Waals surface area contributed by atoms with Crippen LogP contribution in [0, 0.1) is 5.41 Å². The lowest BCUT2D eigenvalue weighted by Gasteiger charge is -2.27. The van der Waals surface area contributed by atoms with Crippen molar-refractivity contribution in [2.45, 2.75) is 26.8 Å². The molecule has 1 aromatic rings. The van der Waals surface area contributed by atoms with Crippen molar-refractivity contribution in [2.24, 2.45) is 11.1 Å². The quantitative estimate of drug-likeness (QED) is 0.757. The summed E-state index contributed by atoms with van der Waals surface area (Å²) >= 11 is 0. The second-order valence-electron chi connectivity index (χ2n) is 4.44. The van der Waals surface area contributed by atoms with Crippen molar-refractivity contribution in [2.75, 3.05) is 0 Å². The number of phenolic OH excluding ortho intramolecular Hbond substituents is 1. The molecule has 0 aromatic heterocycles. The van der Waals surface area contributed by atoms with E-state index in [4.69, 9.17) is 10.8 Å². The second-order valence-corrected chi connectivity index (χ2v) is 4.44. The Morgan fingerprint density at radius 1 is 1.14 bits per heavy atom. The van der Waals surface area contributed by atoms with Crippen LogP contribution in [0.5, 0.6) is 5.75 Å². The summed E-state index contributed by atoms with van der Waals surface area (Å²) in [5.41, 5.74) is 7.15. The molecule has 1 atom stereocenters. The topological polar surface area (TPSA) is 46.2 Å². The molecule has 0 aliphatic heterocycles. The van der Waals surface area contributed by atoms with Crippen molar-refractivity contribution in [3.8, 4) is 5.75 Å². The molecule has 0 fully saturated rings. The van der Waals surface area contributed by atoms with Crippen molar-refractivity contribution < 1.29 is 5.11 Å². The van der Waals surface area contributed by atoms with Crippen molar-refractivity contribution in [1.82, 2.24) is 0 Å². The van der Waals surface area contributed by atoms with Crippen LogP contribution >= 0.6 is 12.4 Å². The highest BCUT2D eigenvalue weighted by atomic mass is 35.5. The van der Waals surface area contributed by atoms with Gasteiger partial charge in [-0.1, -0.05) is 32.9 Å². The fourth-order valence-corrected chi connectivity index (χ4v) is 1.18. The molecule has 3 heteroatoms. The summed E-state index contributed by atoms with van der Waals surface area (Å²) < 4.78 is 0. The van der Waals surface area contributed by atoms with Gasteiger partial charge in [0, 0.05) is 6.04 Å². The Morgan fingerprint density at radius 2 is 1.57 bits per heavy atom. The van der Waals surface area contributed by atoms with Crippen LogP contribution in [0.15, 0.2) is 24.3 Å². The van der Waals surface area contributed by atoms with Crippen molar-refractivity contribution in [3.05, 3.63) is 29.8 Å². The van der Waals surface area contributed by atoms with Crippen LogP contribution in [0.4, 0.5) is 0 Å². The molecule has 14 heavy (non-hydrogen) atoms. The molecule has 0 unspecified atom stereocenters. The number of aromatic hydroxyl groups is 1. The van der Waals surface area contributed by atoms with Crippen LogP contribution in [0.3, 0.4) is 0 Å². The summed E-state index contributed by atoms with van der Waals surface area (Å²) in [5.74, 6) is 0.282. The predicted molar refractivity (Wildman–Crippen MR) is 61.7 cm³/mol. The van der Waals surface area contributed by atoms with Crippen molar-refractivity contribution in [1.29, 1.82) is 0 Å². The van der Waals surface area contributed by atoms with E-state index in [-0.39, 0.29) is 29.6 Å². The average molecular weight is 216 g/mol. The minimum atomic E-state index is 0. The molecular weight excluding hydrogens is 198 g/mol. The highest BCUT2D eigenvalue weighted by Gasteiger charge is 2.21. The van der Waals surface area contributed by atoms with Crippen LogP contribution < -0.4 is 5.73 Å². The SMILES string of the molecule is CC(C)(C)[C@@H](N)c1ccc(O)cc1.Cl. The Labute approximate surface area is 91.5 Å². The highest BCUT2D eigenvalue weighted by Crippen LogP contribution is 2.30. The minimum absolute atomic E-state index is 0. The molecule has 1 rings (SSSR count). The standard InChI is InChI=1S/C11H17NO.ClH/c1-11(2,3)10(12)8-4-6-9(13)7-5-8;/h4-7,10,13H,12H2,1-3H3;1H/t10-;/m0./s1. The third kappa shape index (κ3) is 3.20. The maximum atomic E-state index is 9.10. The van der Waals surface area contributed by atoms with E-state index in [0.717, 1.165) is 5.56 Å². The average Bonchev–Trinajstić information content (AvgIpc) is 2.03. The summed E-state index contributed by atoms with van der Waals surface area (Å²) in [6, 6.07) is 7.08. The molecule has 3 N–H and O–H groups in total. The minimum Gasteiger partial charge on any atom is -0.508 e. The van der Waals surface area contributed by atoms with Gasteiger partial charge in [-0.2, -0.15) is 0 Å². The number of rotatable bonds is 1. The summed E-state index contributed by atoms with van der Waals surface area (Å²) in [7, 11) is 0. The molecule has 1 aromatic carbocycles. The molecule has 2 nitrogen and oxygen atoms in total. The van der Waals surface area contributed by atoms with E-state index < -0.39 is 0 Å². The van der Waals surface area contributed by atoms with E-state index in [2.05, 4.69) is 20.8 Å². The molecule has 0 radical (unpaired) electrons. The normalized spacial score (nSPS) is 13.1. The molecule has 0 aliphatic rings.